The van der Waals surface area contributed by atoms with Gasteiger partial charge in [-0.25, -0.2) is 0 Å². The van der Waals surface area contributed by atoms with E-state index in [1.54, 1.807) is 0 Å². The van der Waals surface area contributed by atoms with Crippen molar-refractivity contribution < 1.29 is 35.5 Å². The second-order valence-electron chi connectivity index (χ2n) is 9.72. The highest BCUT2D eigenvalue weighted by Gasteiger charge is 2.41. The maximum Gasteiger partial charge on any atom is 0.573 e. The Hall–Kier alpha value is -1.30. The van der Waals surface area contributed by atoms with E-state index in [9.17, 15) is 26.3 Å². The molecule has 2 atom stereocenters. The van der Waals surface area contributed by atoms with Crippen molar-refractivity contribution >= 4 is 8.32 Å². The van der Waals surface area contributed by atoms with Crippen LogP contribution in [0, 0.1) is 0 Å². The van der Waals surface area contributed by atoms with Gasteiger partial charge >= 0.3 is 12.5 Å². The molecule has 0 amide bonds. The lowest BCUT2D eigenvalue weighted by molar-refractivity contribution is -0.274. The molecule has 0 unspecified atom stereocenters. The van der Waals surface area contributed by atoms with Gasteiger partial charge in [-0.2, -0.15) is 13.2 Å². The third-order valence-electron chi connectivity index (χ3n) is 5.98. The summed E-state index contributed by atoms with van der Waals surface area (Å²) in [6.45, 7) is 10.9. The quantitative estimate of drug-likeness (QED) is 0.368. The molecule has 0 aliphatic carbocycles. The summed E-state index contributed by atoms with van der Waals surface area (Å²) in [5, 5.41) is 2.48. The molecule has 0 spiro atoms. The molecular weight excluding hydrogens is 454 g/mol. The minimum absolute atomic E-state index is 0.0148. The Morgan fingerprint density at radius 1 is 1.12 bits per heavy atom. The van der Waals surface area contributed by atoms with Gasteiger partial charge in [-0.05, 0) is 42.2 Å². The van der Waals surface area contributed by atoms with E-state index in [4.69, 9.17) is 4.43 Å². The molecule has 1 fully saturated rings. The monoisotopic (exact) mass is 486 g/mol. The number of nitrogens with one attached hydrogen (secondary N) is 1. The first-order valence-electron chi connectivity index (χ1n) is 10.5. The topological polar surface area (TPSA) is 33.7 Å². The van der Waals surface area contributed by atoms with Gasteiger partial charge in [0.2, 0.25) is 0 Å². The first kappa shape index (κ1) is 26.9. The fraction of sp³-hybridized carbons (Fsp3) is 0.714. The Kier molecular flexibility index (Phi) is 8.34. The van der Waals surface area contributed by atoms with Crippen LogP contribution < -0.4 is 10.1 Å². The zero-order valence-electron chi connectivity index (χ0n) is 19.0. The van der Waals surface area contributed by atoms with E-state index in [1.807, 2.05) is 4.90 Å². The standard InChI is InChI=1S/C21H32F6N2O2Si/c1-19(2,3)32(4,5)31-17-9-10-29(12-17)13-18(28-14-20(22,23)24)15-7-6-8-16(11-15)30-21(25,26)27/h6-8,11,17-18,28H,9-10,12-14H2,1-5H3/t17-,18+/m0/s1. The summed E-state index contributed by atoms with van der Waals surface area (Å²) in [5.41, 5.74) is 0.296. The molecule has 1 aromatic carbocycles. The predicted molar refractivity (Wildman–Crippen MR) is 113 cm³/mol. The summed E-state index contributed by atoms with van der Waals surface area (Å²) in [5.74, 6) is -0.464. The highest BCUT2D eigenvalue weighted by molar-refractivity contribution is 6.74. The Bertz CT molecular complexity index is 749. The van der Waals surface area contributed by atoms with Crippen LogP contribution in [0.25, 0.3) is 0 Å². The van der Waals surface area contributed by atoms with Gasteiger partial charge < -0.3 is 14.5 Å². The van der Waals surface area contributed by atoms with Crippen LogP contribution >= 0.6 is 0 Å². The second-order valence-corrected chi connectivity index (χ2v) is 14.5. The van der Waals surface area contributed by atoms with Gasteiger partial charge in [0.05, 0.1) is 12.6 Å². The van der Waals surface area contributed by atoms with Crippen molar-refractivity contribution in [2.24, 2.45) is 0 Å². The Balaban J connectivity index is 2.11. The lowest BCUT2D eigenvalue weighted by atomic mass is 10.1. The maximum absolute atomic E-state index is 12.8. The number of likely N-dealkylation sites (tertiary alicyclic amines) is 1. The van der Waals surface area contributed by atoms with Gasteiger partial charge in [0.25, 0.3) is 0 Å². The van der Waals surface area contributed by atoms with E-state index < -0.39 is 39.2 Å². The molecule has 32 heavy (non-hydrogen) atoms. The van der Waals surface area contributed by atoms with Crippen LogP contribution in [-0.4, -0.2) is 58.0 Å². The van der Waals surface area contributed by atoms with E-state index in [-0.39, 0.29) is 17.7 Å². The molecule has 4 nitrogen and oxygen atoms in total. The van der Waals surface area contributed by atoms with Crippen LogP contribution in [0.4, 0.5) is 26.3 Å². The molecule has 1 saturated heterocycles. The van der Waals surface area contributed by atoms with Crippen molar-refractivity contribution in [3.05, 3.63) is 29.8 Å². The molecule has 1 N–H and O–H groups in total. The van der Waals surface area contributed by atoms with E-state index in [0.717, 1.165) is 18.6 Å². The Morgan fingerprint density at radius 3 is 2.34 bits per heavy atom. The van der Waals surface area contributed by atoms with Gasteiger partial charge in [0, 0.05) is 25.7 Å². The highest BCUT2D eigenvalue weighted by Crippen LogP contribution is 2.38. The summed E-state index contributed by atoms with van der Waals surface area (Å²) in [6, 6.07) is 4.26. The molecule has 184 valence electrons. The summed E-state index contributed by atoms with van der Waals surface area (Å²) in [6.07, 6.45) is -8.58. The fourth-order valence-corrected chi connectivity index (χ4v) is 4.75. The third-order valence-corrected chi connectivity index (χ3v) is 10.5. The van der Waals surface area contributed by atoms with Crippen molar-refractivity contribution in [1.82, 2.24) is 10.2 Å². The number of benzene rings is 1. The van der Waals surface area contributed by atoms with Crippen LogP contribution in [0.5, 0.6) is 5.75 Å². The van der Waals surface area contributed by atoms with Gasteiger partial charge in [-0.1, -0.05) is 32.9 Å². The average Bonchev–Trinajstić information content (AvgIpc) is 3.01. The molecule has 11 heteroatoms. The average molecular weight is 487 g/mol. The molecule has 0 radical (unpaired) electrons. The highest BCUT2D eigenvalue weighted by atomic mass is 28.4. The normalized spacial score (nSPS) is 19.9. The zero-order chi connectivity index (χ0) is 24.4. The number of hydrogen-bond donors (Lipinski definition) is 1. The summed E-state index contributed by atoms with van der Waals surface area (Å²) >= 11 is 0. The number of rotatable bonds is 8. The van der Waals surface area contributed by atoms with Crippen LogP contribution in [-0.2, 0) is 4.43 Å². The summed E-state index contributed by atoms with van der Waals surface area (Å²) in [4.78, 5) is 1.99. The summed E-state index contributed by atoms with van der Waals surface area (Å²) < 4.78 is 86.6. The second kappa shape index (κ2) is 9.90. The lowest BCUT2D eigenvalue weighted by Crippen LogP contribution is -2.45. The SMILES string of the molecule is CC(C)(C)[Si](C)(C)O[C@H]1CCN(C[C@@H](NCC(F)(F)F)c2cccc(OC(F)(F)F)c2)C1. The number of alkyl halides is 6. The molecule has 0 bridgehead atoms. The van der Waals surface area contributed by atoms with Crippen molar-refractivity contribution in [3.63, 3.8) is 0 Å². The molecule has 2 rings (SSSR count). The van der Waals surface area contributed by atoms with Crippen LogP contribution in [0.2, 0.25) is 18.1 Å². The van der Waals surface area contributed by atoms with E-state index in [1.165, 1.54) is 12.1 Å². The largest absolute Gasteiger partial charge is 0.573 e. The molecule has 0 saturated carbocycles. The van der Waals surface area contributed by atoms with Crippen LogP contribution in [0.15, 0.2) is 24.3 Å². The minimum Gasteiger partial charge on any atom is -0.413 e. The van der Waals surface area contributed by atoms with Gasteiger partial charge in [0.15, 0.2) is 8.32 Å². The zero-order valence-corrected chi connectivity index (χ0v) is 20.0. The predicted octanol–water partition coefficient (Wildman–Crippen LogP) is 5.87. The molecule has 1 aliphatic heterocycles. The number of hydrogen-bond acceptors (Lipinski definition) is 4. The van der Waals surface area contributed by atoms with Crippen LogP contribution in [0.3, 0.4) is 0 Å². The Labute approximate surface area is 186 Å². The Morgan fingerprint density at radius 2 is 1.78 bits per heavy atom. The first-order valence-corrected chi connectivity index (χ1v) is 13.4. The molecule has 0 aromatic heterocycles. The van der Waals surface area contributed by atoms with Crippen molar-refractivity contribution in [2.45, 2.75) is 70.0 Å². The van der Waals surface area contributed by atoms with Crippen molar-refractivity contribution in [1.29, 1.82) is 0 Å². The maximum atomic E-state index is 12.8. The minimum atomic E-state index is -4.88. The number of nitrogens with zero attached hydrogens (tertiary/aromatic N) is 1. The first-order chi connectivity index (χ1) is 14.5. The molecular formula is C21H32F6N2O2Si. The van der Waals surface area contributed by atoms with Gasteiger partial charge in [0.1, 0.15) is 5.75 Å². The van der Waals surface area contributed by atoms with E-state index in [2.05, 4.69) is 43.9 Å². The number of halogens is 6. The third kappa shape index (κ3) is 8.57. The van der Waals surface area contributed by atoms with Crippen molar-refractivity contribution in [3.8, 4) is 5.75 Å². The van der Waals surface area contributed by atoms with Crippen molar-refractivity contribution in [2.75, 3.05) is 26.2 Å². The van der Waals surface area contributed by atoms with E-state index >= 15 is 0 Å². The fourth-order valence-electron chi connectivity index (χ4n) is 3.37. The smallest absolute Gasteiger partial charge is 0.413 e. The van der Waals surface area contributed by atoms with E-state index in [0.29, 0.717) is 18.7 Å². The number of ether oxygens (including phenoxy) is 1. The molecule has 1 heterocycles. The lowest BCUT2D eigenvalue weighted by Gasteiger charge is -2.38. The summed E-state index contributed by atoms with van der Waals surface area (Å²) in [7, 11) is -1.99. The van der Waals surface area contributed by atoms with Gasteiger partial charge in [-0.3, -0.25) is 4.90 Å². The molecule has 1 aliphatic rings. The van der Waals surface area contributed by atoms with Gasteiger partial charge in [-0.15, -0.1) is 13.2 Å². The molecule has 1 aromatic rings. The van der Waals surface area contributed by atoms with Crippen LogP contribution in [0.1, 0.15) is 38.8 Å².